The van der Waals surface area contributed by atoms with Crippen LogP contribution in [0.25, 0.3) is 11.3 Å². The largest absolute Gasteiger partial charge is 0.379 e. The molecule has 1 saturated heterocycles. The van der Waals surface area contributed by atoms with E-state index in [0.717, 1.165) is 49.7 Å². The molecule has 1 fully saturated rings. The highest BCUT2D eigenvalue weighted by Crippen LogP contribution is 2.18. The lowest BCUT2D eigenvalue weighted by Crippen LogP contribution is -2.35. The summed E-state index contributed by atoms with van der Waals surface area (Å²) in [6, 6.07) is 16.1. The summed E-state index contributed by atoms with van der Waals surface area (Å²) in [5.41, 5.74) is 2.92. The fourth-order valence-corrected chi connectivity index (χ4v) is 3.46. The number of hydrogen-bond donors (Lipinski definition) is 1. The molecule has 4 rings (SSSR count). The number of ether oxygens (including phenoxy) is 1. The number of morpholine rings is 1. The number of pyridine rings is 1. The molecule has 0 atom stereocenters. The number of benzene rings is 1. The van der Waals surface area contributed by atoms with Gasteiger partial charge in [0.1, 0.15) is 17.6 Å². The molecule has 1 aromatic carbocycles. The first-order valence-electron chi connectivity index (χ1n) is 10.8. The Morgan fingerprint density at radius 2 is 1.91 bits per heavy atom. The summed E-state index contributed by atoms with van der Waals surface area (Å²) in [5.74, 6) is 0.410. The molecule has 176 valence electrons. The molecule has 0 radical (unpaired) electrons. The molecular weight excluding hydrogens is 456 g/mol. The van der Waals surface area contributed by atoms with Crippen molar-refractivity contribution in [3.05, 3.63) is 75.2 Å². The number of nitrogens with one attached hydrogen (secondary N) is 1. The van der Waals surface area contributed by atoms with Gasteiger partial charge in [0.15, 0.2) is 0 Å². The molecule has 0 spiro atoms. The first-order chi connectivity index (χ1) is 16.5. The summed E-state index contributed by atoms with van der Waals surface area (Å²) in [7, 11) is 0. The standard InChI is InChI=1S/C12H11ClN2O.C12H14N4O2/c1-2-15-12(16)8-7-11(14-15)9-3-5-10(13)6-4-9;13-7-11-5-10(6-12(15-11)14-9-17)8-16-1-3-18-4-2-16/h3-8H,2H2,1H3;5-6,9H,1-4,8H2,(H,14,15,17). The van der Waals surface area contributed by atoms with E-state index in [0.29, 0.717) is 29.5 Å². The van der Waals surface area contributed by atoms with Gasteiger partial charge in [-0.25, -0.2) is 9.67 Å². The van der Waals surface area contributed by atoms with Crippen molar-refractivity contribution in [3.63, 3.8) is 0 Å². The summed E-state index contributed by atoms with van der Waals surface area (Å²) in [5, 5.41) is 16.3. The topological polar surface area (TPSA) is 113 Å². The number of rotatable bonds is 6. The van der Waals surface area contributed by atoms with Crippen molar-refractivity contribution in [1.82, 2.24) is 19.7 Å². The van der Waals surface area contributed by atoms with Crippen LogP contribution < -0.4 is 10.9 Å². The normalized spacial score (nSPS) is 13.3. The molecule has 1 N–H and O–H groups in total. The van der Waals surface area contributed by atoms with Crippen LogP contribution in [0.1, 0.15) is 18.2 Å². The molecule has 1 aliphatic rings. The van der Waals surface area contributed by atoms with Crippen LogP contribution in [0.3, 0.4) is 0 Å². The van der Waals surface area contributed by atoms with Crippen LogP contribution in [0, 0.1) is 11.3 Å². The van der Waals surface area contributed by atoms with E-state index in [4.69, 9.17) is 21.6 Å². The second-order valence-electron chi connectivity index (χ2n) is 7.39. The average molecular weight is 481 g/mol. The maximum atomic E-state index is 11.4. The van der Waals surface area contributed by atoms with Gasteiger partial charge in [-0.1, -0.05) is 23.7 Å². The summed E-state index contributed by atoms with van der Waals surface area (Å²) < 4.78 is 6.71. The molecule has 0 saturated carbocycles. The zero-order valence-electron chi connectivity index (χ0n) is 18.8. The first kappa shape index (κ1) is 25.1. The van der Waals surface area contributed by atoms with Crippen molar-refractivity contribution >= 4 is 23.8 Å². The number of halogens is 1. The number of hydrogen-bond acceptors (Lipinski definition) is 7. The van der Waals surface area contributed by atoms with Gasteiger partial charge >= 0.3 is 0 Å². The van der Waals surface area contributed by atoms with Crippen molar-refractivity contribution in [2.45, 2.75) is 20.0 Å². The second kappa shape index (κ2) is 12.6. The number of aryl methyl sites for hydroxylation is 1. The van der Waals surface area contributed by atoms with E-state index >= 15 is 0 Å². The number of nitriles is 1. The molecule has 0 aliphatic carbocycles. The molecule has 3 aromatic rings. The van der Waals surface area contributed by atoms with Gasteiger partial charge in [-0.3, -0.25) is 14.5 Å². The second-order valence-corrected chi connectivity index (χ2v) is 7.82. The highest BCUT2D eigenvalue weighted by atomic mass is 35.5. The predicted octanol–water partition coefficient (Wildman–Crippen LogP) is 2.94. The van der Waals surface area contributed by atoms with E-state index < -0.39 is 0 Å². The zero-order chi connectivity index (χ0) is 24.3. The van der Waals surface area contributed by atoms with Crippen molar-refractivity contribution in [2.75, 3.05) is 31.6 Å². The zero-order valence-corrected chi connectivity index (χ0v) is 19.5. The number of carbonyl (C=O) groups excluding carboxylic acids is 1. The number of nitrogens with zero attached hydrogens (tertiary/aromatic N) is 5. The number of carbonyl (C=O) groups is 1. The van der Waals surface area contributed by atoms with Crippen LogP contribution in [0.5, 0.6) is 0 Å². The molecule has 1 amide bonds. The van der Waals surface area contributed by atoms with Crippen LogP contribution in [-0.2, 0) is 22.6 Å². The van der Waals surface area contributed by atoms with E-state index in [1.54, 1.807) is 30.3 Å². The Labute approximate surface area is 202 Å². The maximum absolute atomic E-state index is 11.4. The third-order valence-corrected chi connectivity index (χ3v) is 5.27. The minimum Gasteiger partial charge on any atom is -0.379 e. The molecule has 2 aromatic heterocycles. The Morgan fingerprint density at radius 1 is 1.18 bits per heavy atom. The summed E-state index contributed by atoms with van der Waals surface area (Å²) in [6.45, 7) is 6.40. The van der Waals surface area contributed by atoms with Gasteiger partial charge in [-0.2, -0.15) is 10.4 Å². The van der Waals surface area contributed by atoms with Crippen LogP contribution >= 0.6 is 11.6 Å². The van der Waals surface area contributed by atoms with Crippen molar-refractivity contribution in [2.24, 2.45) is 0 Å². The smallest absolute Gasteiger partial charge is 0.266 e. The minimum absolute atomic E-state index is 0.0831. The molecule has 34 heavy (non-hydrogen) atoms. The van der Waals surface area contributed by atoms with E-state index in [1.807, 2.05) is 25.1 Å². The minimum atomic E-state index is -0.0831. The Balaban J connectivity index is 0.000000192. The van der Waals surface area contributed by atoms with Gasteiger partial charge in [0, 0.05) is 42.8 Å². The molecule has 3 heterocycles. The lowest BCUT2D eigenvalue weighted by molar-refractivity contribution is -0.105. The third-order valence-electron chi connectivity index (χ3n) is 5.02. The summed E-state index contributed by atoms with van der Waals surface area (Å²) in [4.78, 5) is 28.0. The molecule has 10 heteroatoms. The Kier molecular flexibility index (Phi) is 9.29. The quantitative estimate of drug-likeness (QED) is 0.539. The maximum Gasteiger partial charge on any atom is 0.266 e. The van der Waals surface area contributed by atoms with Crippen LogP contribution in [0.4, 0.5) is 5.82 Å². The average Bonchev–Trinajstić information content (AvgIpc) is 2.86. The van der Waals surface area contributed by atoms with Gasteiger partial charge in [0.05, 0.1) is 18.9 Å². The van der Waals surface area contributed by atoms with Crippen LogP contribution in [0.15, 0.2) is 53.3 Å². The van der Waals surface area contributed by atoms with E-state index in [1.165, 1.54) is 10.7 Å². The van der Waals surface area contributed by atoms with E-state index in [9.17, 15) is 9.59 Å². The predicted molar refractivity (Wildman–Crippen MR) is 129 cm³/mol. The molecule has 9 nitrogen and oxygen atoms in total. The fraction of sp³-hybridized carbons (Fsp3) is 0.292. The lowest BCUT2D eigenvalue weighted by Gasteiger charge is -2.26. The van der Waals surface area contributed by atoms with E-state index in [2.05, 4.69) is 20.3 Å². The number of anilines is 1. The van der Waals surface area contributed by atoms with Gasteiger partial charge in [0.25, 0.3) is 5.56 Å². The van der Waals surface area contributed by atoms with Crippen molar-refractivity contribution in [3.8, 4) is 17.3 Å². The molecule has 0 bridgehead atoms. The number of aromatic nitrogens is 3. The van der Waals surface area contributed by atoms with Crippen LogP contribution in [0.2, 0.25) is 5.02 Å². The lowest BCUT2D eigenvalue weighted by atomic mass is 10.1. The molecule has 1 aliphatic heterocycles. The van der Waals surface area contributed by atoms with Crippen LogP contribution in [-0.4, -0.2) is 52.4 Å². The van der Waals surface area contributed by atoms with Crippen molar-refractivity contribution < 1.29 is 9.53 Å². The monoisotopic (exact) mass is 480 g/mol. The molecular formula is C24H25ClN6O3. The number of amides is 1. The SMILES string of the molecule is CCn1nc(-c2ccc(Cl)cc2)ccc1=O.N#Cc1cc(CN2CCOCC2)cc(NC=O)n1. The highest BCUT2D eigenvalue weighted by Gasteiger charge is 2.12. The van der Waals surface area contributed by atoms with Crippen molar-refractivity contribution in [1.29, 1.82) is 5.26 Å². The van der Waals surface area contributed by atoms with Gasteiger partial charge in [0.2, 0.25) is 6.41 Å². The van der Waals surface area contributed by atoms with Gasteiger partial charge in [-0.15, -0.1) is 0 Å². The highest BCUT2D eigenvalue weighted by molar-refractivity contribution is 6.30. The summed E-state index contributed by atoms with van der Waals surface area (Å²) in [6.07, 6.45) is 0.558. The Hall–Kier alpha value is -3.58. The first-order valence-corrected chi connectivity index (χ1v) is 11.2. The fourth-order valence-electron chi connectivity index (χ4n) is 3.34. The summed E-state index contributed by atoms with van der Waals surface area (Å²) >= 11 is 5.81. The third kappa shape index (κ3) is 7.22. The molecule has 0 unspecified atom stereocenters. The van der Waals surface area contributed by atoms with Gasteiger partial charge in [-0.05, 0) is 42.8 Å². The van der Waals surface area contributed by atoms with E-state index in [-0.39, 0.29) is 5.56 Å². The Morgan fingerprint density at radius 3 is 2.56 bits per heavy atom. The van der Waals surface area contributed by atoms with Gasteiger partial charge < -0.3 is 10.1 Å². The Bertz CT molecular complexity index is 1200.